The van der Waals surface area contributed by atoms with Gasteiger partial charge in [0.2, 0.25) is 0 Å². The van der Waals surface area contributed by atoms with Crippen molar-refractivity contribution in [2.24, 2.45) is 0 Å². The molecule has 2 heterocycles. The van der Waals surface area contributed by atoms with Gasteiger partial charge in [-0.05, 0) is 31.5 Å². The zero-order chi connectivity index (χ0) is 16.6. The third-order valence-electron chi connectivity index (χ3n) is 4.30. The van der Waals surface area contributed by atoms with Crippen molar-refractivity contribution in [3.8, 4) is 5.69 Å². The lowest BCUT2D eigenvalue weighted by Gasteiger charge is -2.34. The Hall–Kier alpha value is -2.05. The van der Waals surface area contributed by atoms with Crippen LogP contribution < -0.4 is 16.6 Å². The number of H-pyrrole nitrogens is 1. The molecule has 1 atom stereocenters. The standard InChI is InChI=1S/C16H19ClN4O2/c1-3-10(2)20-8-13-14(18-9-20)21(16(23)19-15(13)22)12-6-4-5-11(17)7-12/h4-7,10,18H,3,8-9H2,1-2H3,(H,19,22,23)/t10-/m0/s1. The lowest BCUT2D eigenvalue weighted by molar-refractivity contribution is 0.200. The zero-order valence-electron chi connectivity index (χ0n) is 13.1. The quantitative estimate of drug-likeness (QED) is 0.902. The molecule has 2 aromatic rings. The third kappa shape index (κ3) is 2.92. The van der Waals surface area contributed by atoms with Crippen LogP contribution in [-0.2, 0) is 6.54 Å². The fourth-order valence-corrected chi connectivity index (χ4v) is 2.96. The fourth-order valence-electron chi connectivity index (χ4n) is 2.77. The van der Waals surface area contributed by atoms with Crippen LogP contribution in [0.3, 0.4) is 0 Å². The molecule has 1 aliphatic rings. The molecule has 1 aromatic carbocycles. The number of anilines is 1. The average Bonchev–Trinajstić information content (AvgIpc) is 2.54. The van der Waals surface area contributed by atoms with E-state index in [-0.39, 0.29) is 5.56 Å². The molecule has 0 saturated carbocycles. The van der Waals surface area contributed by atoms with E-state index in [1.165, 1.54) is 4.57 Å². The van der Waals surface area contributed by atoms with E-state index in [1.807, 2.05) is 0 Å². The van der Waals surface area contributed by atoms with Crippen molar-refractivity contribution in [3.63, 3.8) is 0 Å². The Labute approximate surface area is 138 Å². The molecule has 23 heavy (non-hydrogen) atoms. The van der Waals surface area contributed by atoms with Gasteiger partial charge < -0.3 is 5.32 Å². The van der Waals surface area contributed by atoms with Crippen molar-refractivity contribution < 1.29 is 0 Å². The Kier molecular flexibility index (Phi) is 4.28. The van der Waals surface area contributed by atoms with Gasteiger partial charge in [-0.1, -0.05) is 24.6 Å². The molecule has 0 saturated heterocycles. The average molecular weight is 335 g/mol. The summed E-state index contributed by atoms with van der Waals surface area (Å²) in [5.41, 5.74) is 0.375. The summed E-state index contributed by atoms with van der Waals surface area (Å²) >= 11 is 6.03. The third-order valence-corrected chi connectivity index (χ3v) is 4.53. The minimum absolute atomic E-state index is 0.344. The maximum atomic E-state index is 12.3. The molecule has 0 amide bonds. The molecule has 0 radical (unpaired) electrons. The molecule has 6 nitrogen and oxygen atoms in total. The Morgan fingerprint density at radius 2 is 2.13 bits per heavy atom. The zero-order valence-corrected chi connectivity index (χ0v) is 13.9. The molecule has 0 spiro atoms. The van der Waals surface area contributed by atoms with Crippen LogP contribution >= 0.6 is 11.6 Å². The van der Waals surface area contributed by atoms with Crippen LogP contribution in [0.4, 0.5) is 5.82 Å². The van der Waals surface area contributed by atoms with Crippen LogP contribution in [0.25, 0.3) is 5.69 Å². The molecular weight excluding hydrogens is 316 g/mol. The Balaban J connectivity index is 2.14. The van der Waals surface area contributed by atoms with Crippen LogP contribution in [0.1, 0.15) is 25.8 Å². The fraction of sp³-hybridized carbons (Fsp3) is 0.375. The van der Waals surface area contributed by atoms with E-state index in [4.69, 9.17) is 11.6 Å². The first-order chi connectivity index (χ1) is 11.0. The van der Waals surface area contributed by atoms with Gasteiger partial charge in [-0.15, -0.1) is 0 Å². The summed E-state index contributed by atoms with van der Waals surface area (Å²) < 4.78 is 1.47. The van der Waals surface area contributed by atoms with Gasteiger partial charge in [-0.25, -0.2) is 9.36 Å². The first kappa shape index (κ1) is 15.8. The molecule has 1 aromatic heterocycles. The van der Waals surface area contributed by atoms with Gasteiger partial charge in [-0.2, -0.15) is 0 Å². The predicted molar refractivity (Wildman–Crippen MR) is 91.5 cm³/mol. The van der Waals surface area contributed by atoms with E-state index < -0.39 is 5.69 Å². The maximum absolute atomic E-state index is 12.3. The largest absolute Gasteiger partial charge is 0.358 e. The Morgan fingerprint density at radius 1 is 1.35 bits per heavy atom. The monoisotopic (exact) mass is 334 g/mol. The second-order valence-electron chi connectivity index (χ2n) is 5.74. The van der Waals surface area contributed by atoms with Gasteiger partial charge >= 0.3 is 5.69 Å². The normalized spacial score (nSPS) is 15.8. The summed E-state index contributed by atoms with van der Waals surface area (Å²) in [6.07, 6.45) is 0.989. The lowest BCUT2D eigenvalue weighted by atomic mass is 10.1. The number of halogens is 1. The summed E-state index contributed by atoms with van der Waals surface area (Å²) in [7, 11) is 0. The summed E-state index contributed by atoms with van der Waals surface area (Å²) in [6, 6.07) is 7.35. The molecule has 2 N–H and O–H groups in total. The van der Waals surface area contributed by atoms with E-state index in [9.17, 15) is 9.59 Å². The van der Waals surface area contributed by atoms with Crippen LogP contribution in [0.2, 0.25) is 5.02 Å². The molecule has 7 heteroatoms. The second kappa shape index (κ2) is 6.22. The number of nitrogens with zero attached hydrogens (tertiary/aromatic N) is 2. The molecule has 1 aliphatic heterocycles. The summed E-state index contributed by atoms with van der Waals surface area (Å²) in [5.74, 6) is 0.542. The number of hydrogen-bond donors (Lipinski definition) is 2. The van der Waals surface area contributed by atoms with E-state index in [2.05, 4.69) is 29.0 Å². The maximum Gasteiger partial charge on any atom is 0.334 e. The van der Waals surface area contributed by atoms with Gasteiger partial charge in [-0.3, -0.25) is 14.7 Å². The molecule has 0 bridgehead atoms. The molecule has 0 unspecified atom stereocenters. The number of rotatable bonds is 3. The van der Waals surface area contributed by atoms with Crippen molar-refractivity contribution in [2.75, 3.05) is 12.0 Å². The first-order valence-electron chi connectivity index (χ1n) is 7.63. The van der Waals surface area contributed by atoms with E-state index in [1.54, 1.807) is 24.3 Å². The van der Waals surface area contributed by atoms with Crippen LogP contribution in [-0.4, -0.2) is 27.2 Å². The van der Waals surface area contributed by atoms with Gasteiger partial charge in [0.25, 0.3) is 5.56 Å². The summed E-state index contributed by atoms with van der Waals surface area (Å²) in [6.45, 7) is 5.32. The number of hydrogen-bond acceptors (Lipinski definition) is 4. The van der Waals surface area contributed by atoms with Crippen LogP contribution in [0, 0.1) is 0 Å². The van der Waals surface area contributed by atoms with Crippen molar-refractivity contribution in [2.45, 2.75) is 32.9 Å². The highest BCUT2D eigenvalue weighted by atomic mass is 35.5. The smallest absolute Gasteiger partial charge is 0.334 e. The number of benzene rings is 1. The molecule has 0 fully saturated rings. The van der Waals surface area contributed by atoms with Crippen molar-refractivity contribution in [1.82, 2.24) is 14.5 Å². The second-order valence-corrected chi connectivity index (χ2v) is 6.18. The van der Waals surface area contributed by atoms with Crippen LogP contribution in [0.5, 0.6) is 0 Å². The molecular formula is C16H19ClN4O2. The van der Waals surface area contributed by atoms with E-state index in [0.717, 1.165) is 6.42 Å². The number of nitrogens with one attached hydrogen (secondary N) is 2. The predicted octanol–water partition coefficient (Wildman–Crippen LogP) is 2.16. The Morgan fingerprint density at radius 3 is 2.83 bits per heavy atom. The minimum atomic E-state index is -0.472. The van der Waals surface area contributed by atoms with Crippen molar-refractivity contribution in [1.29, 1.82) is 0 Å². The molecule has 122 valence electrons. The van der Waals surface area contributed by atoms with Gasteiger partial charge in [0.05, 0.1) is 17.9 Å². The van der Waals surface area contributed by atoms with Gasteiger partial charge in [0.15, 0.2) is 0 Å². The first-order valence-corrected chi connectivity index (χ1v) is 8.01. The van der Waals surface area contributed by atoms with Gasteiger partial charge in [0, 0.05) is 17.6 Å². The highest BCUT2D eigenvalue weighted by Crippen LogP contribution is 2.23. The lowest BCUT2D eigenvalue weighted by Crippen LogP contribution is -2.45. The van der Waals surface area contributed by atoms with Crippen molar-refractivity contribution >= 4 is 17.4 Å². The minimum Gasteiger partial charge on any atom is -0.358 e. The van der Waals surface area contributed by atoms with Gasteiger partial charge in [0.1, 0.15) is 5.82 Å². The topological polar surface area (TPSA) is 70.1 Å². The number of aromatic nitrogens is 2. The van der Waals surface area contributed by atoms with E-state index >= 15 is 0 Å². The summed E-state index contributed by atoms with van der Waals surface area (Å²) in [4.78, 5) is 29.1. The van der Waals surface area contributed by atoms with E-state index in [0.29, 0.717) is 41.3 Å². The molecule has 0 aliphatic carbocycles. The summed E-state index contributed by atoms with van der Waals surface area (Å²) in [5, 5.41) is 3.76. The number of aromatic amines is 1. The molecule has 3 rings (SSSR count). The highest BCUT2D eigenvalue weighted by molar-refractivity contribution is 6.30. The number of fused-ring (bicyclic) bond motifs is 1. The van der Waals surface area contributed by atoms with Crippen molar-refractivity contribution in [3.05, 3.63) is 55.7 Å². The Bertz CT molecular complexity index is 843. The SMILES string of the molecule is CC[C@H](C)N1CNc2c(c(=O)[nH]c(=O)n2-c2cccc(Cl)c2)C1. The highest BCUT2D eigenvalue weighted by Gasteiger charge is 2.25. The van der Waals surface area contributed by atoms with Crippen LogP contribution in [0.15, 0.2) is 33.9 Å².